The van der Waals surface area contributed by atoms with Gasteiger partial charge in [-0.3, -0.25) is 14.4 Å². The van der Waals surface area contributed by atoms with Gasteiger partial charge in [-0.2, -0.15) is 0 Å². The maximum atomic E-state index is 14.0. The highest BCUT2D eigenvalue weighted by Gasteiger charge is 2.30. The number of halogens is 1. The van der Waals surface area contributed by atoms with Crippen molar-refractivity contribution in [3.63, 3.8) is 0 Å². The molecule has 6 nitrogen and oxygen atoms in total. The van der Waals surface area contributed by atoms with Crippen molar-refractivity contribution in [2.75, 3.05) is 6.54 Å². The molecule has 2 atom stereocenters. The minimum atomic E-state index is -0.617. The number of ether oxygens (including phenoxy) is 1. The van der Waals surface area contributed by atoms with Crippen LogP contribution < -0.4 is 5.32 Å². The van der Waals surface area contributed by atoms with E-state index >= 15 is 0 Å². The number of nitrogens with zero attached hydrogens (tertiary/aromatic N) is 1. The van der Waals surface area contributed by atoms with Crippen molar-refractivity contribution in [1.82, 2.24) is 10.2 Å². The average Bonchev–Trinajstić information content (AvgIpc) is 2.95. The second kappa shape index (κ2) is 14.3. The number of carbonyl (C=O) groups is 3. The third kappa shape index (κ3) is 8.82. The summed E-state index contributed by atoms with van der Waals surface area (Å²) in [6.07, 6.45) is 4.37. The highest BCUT2D eigenvalue weighted by Crippen LogP contribution is 2.25. The van der Waals surface area contributed by atoms with Gasteiger partial charge >= 0.3 is 5.97 Å². The van der Waals surface area contributed by atoms with Crippen LogP contribution in [0.2, 0.25) is 5.02 Å². The van der Waals surface area contributed by atoms with Crippen molar-refractivity contribution in [2.45, 2.75) is 44.9 Å². The number of hydrogen-bond donors (Lipinski definition) is 1. The first-order valence-electron chi connectivity index (χ1n) is 13.2. The number of hydrogen-bond acceptors (Lipinski definition) is 4. The molecule has 0 unspecified atom stereocenters. The number of benzene rings is 3. The number of esters is 1. The molecular weight excluding hydrogens is 512 g/mol. The average molecular weight is 545 g/mol. The Labute approximate surface area is 234 Å². The van der Waals surface area contributed by atoms with Crippen LogP contribution in [0, 0.1) is 5.92 Å². The number of nitrogens with one attached hydrogen (secondary N) is 1. The van der Waals surface area contributed by atoms with Crippen LogP contribution in [0.5, 0.6) is 0 Å². The number of amides is 2. The summed E-state index contributed by atoms with van der Waals surface area (Å²) in [5, 5.41) is 3.56. The van der Waals surface area contributed by atoms with E-state index in [4.69, 9.17) is 16.3 Å². The van der Waals surface area contributed by atoms with E-state index in [1.807, 2.05) is 84.9 Å². The number of cyclic esters (lactones) is 1. The second-order valence-corrected chi connectivity index (χ2v) is 10.1. The van der Waals surface area contributed by atoms with E-state index in [0.717, 1.165) is 16.7 Å². The fourth-order valence-electron chi connectivity index (χ4n) is 4.54. The highest BCUT2D eigenvalue weighted by molar-refractivity contribution is 6.30. The van der Waals surface area contributed by atoms with Crippen LogP contribution >= 0.6 is 11.6 Å². The third-order valence-corrected chi connectivity index (χ3v) is 6.90. The van der Waals surface area contributed by atoms with Crippen molar-refractivity contribution < 1.29 is 19.1 Å². The van der Waals surface area contributed by atoms with E-state index in [2.05, 4.69) is 5.32 Å². The summed E-state index contributed by atoms with van der Waals surface area (Å²) in [6, 6.07) is 26.4. The zero-order valence-corrected chi connectivity index (χ0v) is 22.6. The smallest absolute Gasteiger partial charge is 0.306 e. The number of rotatable bonds is 7. The van der Waals surface area contributed by atoms with E-state index in [9.17, 15) is 14.4 Å². The molecule has 0 aromatic heterocycles. The molecular formula is C32H33ClN2O4. The molecule has 0 saturated carbocycles. The molecule has 0 saturated heterocycles. The molecule has 1 aliphatic rings. The van der Waals surface area contributed by atoms with Crippen LogP contribution in [0.25, 0.3) is 0 Å². The standard InChI is InChI=1S/C32H33ClN2O4/c33-28-18-16-24(17-19-28)21-34-30(36)20-27-14-8-3-9-15-31(37)39-29(26-12-6-2-7-13-26)23-35(32(27)38)22-25-10-4-1-5-11-25/h1-8,10-13,16-19,27,29H,9,14-15,20-23H2,(H,34,36)/b8-3+/t27-,29-/m0/s1. The minimum Gasteiger partial charge on any atom is -0.456 e. The molecule has 1 aliphatic heterocycles. The Kier molecular flexibility index (Phi) is 10.3. The predicted molar refractivity (Wildman–Crippen MR) is 152 cm³/mol. The van der Waals surface area contributed by atoms with Crippen LogP contribution in [0.1, 0.15) is 48.5 Å². The summed E-state index contributed by atoms with van der Waals surface area (Å²) in [4.78, 5) is 41.3. The van der Waals surface area contributed by atoms with Crippen LogP contribution in [0.3, 0.4) is 0 Å². The molecule has 0 aliphatic carbocycles. The largest absolute Gasteiger partial charge is 0.456 e. The maximum absolute atomic E-state index is 14.0. The second-order valence-electron chi connectivity index (χ2n) is 9.64. The molecule has 1 N–H and O–H groups in total. The molecule has 2 amide bonds. The molecule has 202 valence electrons. The van der Waals surface area contributed by atoms with Gasteiger partial charge in [0.2, 0.25) is 11.8 Å². The van der Waals surface area contributed by atoms with Gasteiger partial charge in [0.1, 0.15) is 6.10 Å². The Balaban J connectivity index is 1.56. The molecule has 7 heteroatoms. The molecule has 3 aromatic carbocycles. The van der Waals surface area contributed by atoms with Gasteiger partial charge in [0, 0.05) is 31.0 Å². The Morgan fingerprint density at radius 3 is 2.31 bits per heavy atom. The van der Waals surface area contributed by atoms with Gasteiger partial charge in [-0.15, -0.1) is 0 Å². The number of carbonyl (C=O) groups excluding carboxylic acids is 3. The van der Waals surface area contributed by atoms with Crippen LogP contribution in [0.4, 0.5) is 0 Å². The Bertz CT molecular complexity index is 1260. The summed E-state index contributed by atoms with van der Waals surface area (Å²) in [5.74, 6) is -1.21. The zero-order valence-electron chi connectivity index (χ0n) is 21.8. The summed E-state index contributed by atoms with van der Waals surface area (Å²) in [7, 11) is 0. The van der Waals surface area contributed by atoms with Crippen LogP contribution in [-0.4, -0.2) is 29.2 Å². The SMILES string of the molecule is O=C(C[C@@H]1C/C=C/CCC(=O)O[C@H](c2ccccc2)CN(Cc2ccccc2)C1=O)NCc1ccc(Cl)cc1. The molecule has 1 heterocycles. The van der Waals surface area contributed by atoms with Gasteiger partial charge in [0.05, 0.1) is 12.5 Å². The maximum Gasteiger partial charge on any atom is 0.306 e. The molecule has 3 aromatic rings. The quantitative estimate of drug-likeness (QED) is 0.292. The van der Waals surface area contributed by atoms with Crippen molar-refractivity contribution in [3.05, 3.63) is 119 Å². The van der Waals surface area contributed by atoms with Crippen molar-refractivity contribution in [2.24, 2.45) is 5.92 Å². The summed E-state index contributed by atoms with van der Waals surface area (Å²) < 4.78 is 5.88. The highest BCUT2D eigenvalue weighted by atomic mass is 35.5. The predicted octanol–water partition coefficient (Wildman–Crippen LogP) is 6.02. The lowest BCUT2D eigenvalue weighted by Crippen LogP contribution is -2.41. The van der Waals surface area contributed by atoms with E-state index < -0.39 is 12.0 Å². The van der Waals surface area contributed by atoms with Crippen molar-refractivity contribution in [3.8, 4) is 0 Å². The lowest BCUT2D eigenvalue weighted by Gasteiger charge is -2.31. The fraction of sp³-hybridized carbons (Fsp3) is 0.281. The Hall–Kier alpha value is -3.90. The van der Waals surface area contributed by atoms with Gasteiger partial charge in [-0.05, 0) is 41.7 Å². The summed E-state index contributed by atoms with van der Waals surface area (Å²) in [6.45, 7) is 0.885. The zero-order chi connectivity index (χ0) is 27.5. The monoisotopic (exact) mass is 544 g/mol. The fourth-order valence-corrected chi connectivity index (χ4v) is 4.67. The summed E-state index contributed by atoms with van der Waals surface area (Å²) in [5.41, 5.74) is 2.70. The third-order valence-electron chi connectivity index (χ3n) is 6.65. The van der Waals surface area contributed by atoms with Crippen LogP contribution in [0.15, 0.2) is 97.1 Å². The first-order valence-corrected chi connectivity index (χ1v) is 13.6. The van der Waals surface area contributed by atoms with Crippen molar-refractivity contribution >= 4 is 29.4 Å². The Morgan fingerprint density at radius 2 is 1.59 bits per heavy atom. The molecule has 0 radical (unpaired) electrons. The molecule has 39 heavy (non-hydrogen) atoms. The molecule has 0 spiro atoms. The van der Waals surface area contributed by atoms with E-state index in [1.54, 1.807) is 17.0 Å². The minimum absolute atomic E-state index is 0.0534. The van der Waals surface area contributed by atoms with Gasteiger partial charge in [0.15, 0.2) is 0 Å². The molecule has 4 rings (SSSR count). The Morgan fingerprint density at radius 1 is 0.897 bits per heavy atom. The van der Waals surface area contributed by atoms with Crippen molar-refractivity contribution in [1.29, 1.82) is 0 Å². The van der Waals surface area contributed by atoms with E-state index in [-0.39, 0.29) is 37.2 Å². The lowest BCUT2D eigenvalue weighted by molar-refractivity contribution is -0.153. The van der Waals surface area contributed by atoms with E-state index in [1.165, 1.54) is 0 Å². The van der Waals surface area contributed by atoms with Gasteiger partial charge in [-0.1, -0.05) is 96.5 Å². The first kappa shape index (κ1) is 28.1. The lowest BCUT2D eigenvalue weighted by atomic mass is 9.97. The number of allylic oxidation sites excluding steroid dienone is 2. The molecule has 0 fully saturated rings. The van der Waals surface area contributed by atoms with Crippen LogP contribution in [-0.2, 0) is 32.2 Å². The van der Waals surface area contributed by atoms with Gasteiger partial charge in [-0.25, -0.2) is 0 Å². The first-order chi connectivity index (χ1) is 19.0. The summed E-state index contributed by atoms with van der Waals surface area (Å²) >= 11 is 5.96. The molecule has 0 bridgehead atoms. The normalized spacial score (nSPS) is 19.4. The van der Waals surface area contributed by atoms with E-state index in [0.29, 0.717) is 31.0 Å². The topological polar surface area (TPSA) is 75.7 Å². The van der Waals surface area contributed by atoms with Gasteiger partial charge < -0.3 is 15.0 Å². The van der Waals surface area contributed by atoms with Gasteiger partial charge in [0.25, 0.3) is 0 Å².